The zero-order chi connectivity index (χ0) is 8.43. The van der Waals surface area contributed by atoms with E-state index in [4.69, 9.17) is 16.3 Å². The maximum absolute atomic E-state index is 10.8. The summed E-state index contributed by atoms with van der Waals surface area (Å²) in [6.07, 6.45) is 2.08. The summed E-state index contributed by atoms with van der Waals surface area (Å²) in [5.41, 5.74) is 0. The Bertz CT molecular complexity index is 205. The highest BCUT2D eigenvalue weighted by atomic mass is 16.7. The first-order valence-corrected chi connectivity index (χ1v) is 3.15. The van der Waals surface area contributed by atoms with Gasteiger partial charge in [-0.05, 0) is 6.92 Å². The molecule has 60 valence electrons. The largest absolute Gasteiger partial charge is 0.455 e. The van der Waals surface area contributed by atoms with E-state index in [1.54, 1.807) is 0 Å². The van der Waals surface area contributed by atoms with Crippen LogP contribution in [0.2, 0.25) is 0 Å². The first-order valence-electron chi connectivity index (χ1n) is 3.15. The molecule has 11 heavy (non-hydrogen) atoms. The van der Waals surface area contributed by atoms with E-state index in [0.717, 1.165) is 0 Å². The molecule has 0 aromatic carbocycles. The number of aliphatic hydroxyl groups is 1. The smallest absolute Gasteiger partial charge is 0.348 e. The summed E-state index contributed by atoms with van der Waals surface area (Å²) >= 11 is 0. The molecule has 4 nitrogen and oxygen atoms in total. The van der Waals surface area contributed by atoms with Gasteiger partial charge in [-0.1, -0.05) is 5.92 Å². The maximum atomic E-state index is 10.8. The van der Waals surface area contributed by atoms with Crippen LogP contribution in [0.25, 0.3) is 0 Å². The van der Waals surface area contributed by atoms with Crippen molar-refractivity contribution in [2.45, 2.75) is 25.4 Å². The number of cyclic esters (lactones) is 1. The van der Waals surface area contributed by atoms with E-state index in [1.807, 2.05) is 5.92 Å². The predicted molar refractivity (Wildman–Crippen MR) is 35.3 cm³/mol. The Morgan fingerprint density at radius 1 is 1.73 bits per heavy atom. The van der Waals surface area contributed by atoms with Gasteiger partial charge in [0.15, 0.2) is 6.29 Å². The number of carbonyl (C=O) groups is 1. The van der Waals surface area contributed by atoms with Gasteiger partial charge in [-0.2, -0.15) is 0 Å². The highest BCUT2D eigenvalue weighted by molar-refractivity contribution is 5.78. The van der Waals surface area contributed by atoms with Crippen molar-refractivity contribution in [1.29, 1.82) is 0 Å². The van der Waals surface area contributed by atoms with E-state index in [1.165, 1.54) is 6.92 Å². The monoisotopic (exact) mass is 156 g/mol. The lowest BCUT2D eigenvalue weighted by Gasteiger charge is -2.27. The molecule has 0 amide bonds. The molecular formula is C7H8O4. The SMILES string of the molecule is C#CC1OC(O)C(C)OC1=O. The number of terminal acetylenes is 1. The van der Waals surface area contributed by atoms with Crippen LogP contribution in [-0.4, -0.2) is 29.6 Å². The lowest BCUT2D eigenvalue weighted by atomic mass is 10.3. The lowest BCUT2D eigenvalue weighted by molar-refractivity contribution is -0.233. The van der Waals surface area contributed by atoms with Crippen molar-refractivity contribution >= 4 is 5.97 Å². The van der Waals surface area contributed by atoms with Gasteiger partial charge in [-0.25, -0.2) is 4.79 Å². The van der Waals surface area contributed by atoms with Crippen molar-refractivity contribution < 1.29 is 19.4 Å². The topological polar surface area (TPSA) is 55.8 Å². The van der Waals surface area contributed by atoms with Crippen LogP contribution in [0.4, 0.5) is 0 Å². The fourth-order valence-electron chi connectivity index (χ4n) is 0.716. The maximum Gasteiger partial charge on any atom is 0.348 e. The van der Waals surface area contributed by atoms with Gasteiger partial charge in [-0.3, -0.25) is 0 Å². The second-order valence-corrected chi connectivity index (χ2v) is 2.22. The number of hydrogen-bond acceptors (Lipinski definition) is 4. The Morgan fingerprint density at radius 2 is 2.36 bits per heavy atom. The Balaban J connectivity index is 2.64. The predicted octanol–water partition coefficient (Wildman–Crippen LogP) is -0.732. The molecule has 1 fully saturated rings. The standard InChI is InChI=1S/C7H8O4/c1-3-5-7(9)10-4(2)6(8)11-5/h1,4-6,8H,2H3. The minimum absolute atomic E-state index is 0.620. The number of carbonyl (C=O) groups excluding carboxylic acids is 1. The average Bonchev–Trinajstić information content (AvgIpc) is 1.97. The zero-order valence-electron chi connectivity index (χ0n) is 5.98. The van der Waals surface area contributed by atoms with Crippen LogP contribution in [-0.2, 0) is 14.3 Å². The van der Waals surface area contributed by atoms with Gasteiger partial charge in [0.2, 0.25) is 6.10 Å². The molecule has 0 radical (unpaired) electrons. The van der Waals surface area contributed by atoms with E-state index in [-0.39, 0.29) is 0 Å². The van der Waals surface area contributed by atoms with Gasteiger partial charge in [-0.15, -0.1) is 6.42 Å². The van der Waals surface area contributed by atoms with Crippen molar-refractivity contribution in [3.8, 4) is 12.3 Å². The Hall–Kier alpha value is -1.05. The molecule has 0 saturated carbocycles. The van der Waals surface area contributed by atoms with Crippen molar-refractivity contribution in [2.75, 3.05) is 0 Å². The van der Waals surface area contributed by atoms with Crippen LogP contribution in [0.5, 0.6) is 0 Å². The van der Waals surface area contributed by atoms with Crippen LogP contribution in [0.15, 0.2) is 0 Å². The molecule has 1 heterocycles. The number of ether oxygens (including phenoxy) is 2. The second-order valence-electron chi connectivity index (χ2n) is 2.22. The van der Waals surface area contributed by atoms with Gasteiger partial charge in [0.05, 0.1) is 0 Å². The van der Waals surface area contributed by atoms with Crippen molar-refractivity contribution in [2.24, 2.45) is 0 Å². The van der Waals surface area contributed by atoms with Crippen LogP contribution < -0.4 is 0 Å². The summed E-state index contributed by atoms with van der Waals surface area (Å²) < 4.78 is 9.35. The van der Waals surface area contributed by atoms with Gasteiger partial charge in [0.1, 0.15) is 6.10 Å². The quantitative estimate of drug-likeness (QED) is 0.371. The number of rotatable bonds is 0. The molecule has 1 aliphatic heterocycles. The number of hydrogen-bond donors (Lipinski definition) is 1. The molecule has 4 heteroatoms. The van der Waals surface area contributed by atoms with Crippen molar-refractivity contribution in [3.05, 3.63) is 0 Å². The summed E-state index contributed by atoms with van der Waals surface area (Å²) in [4.78, 5) is 10.8. The molecule has 3 unspecified atom stereocenters. The minimum atomic E-state index is -1.12. The fourth-order valence-corrected chi connectivity index (χ4v) is 0.716. The van der Waals surface area contributed by atoms with Gasteiger partial charge in [0, 0.05) is 0 Å². The Morgan fingerprint density at radius 3 is 2.91 bits per heavy atom. The molecule has 0 spiro atoms. The molecule has 3 atom stereocenters. The van der Waals surface area contributed by atoms with Crippen LogP contribution >= 0.6 is 0 Å². The van der Waals surface area contributed by atoms with E-state index in [2.05, 4.69) is 4.74 Å². The normalized spacial score (nSPS) is 37.5. The zero-order valence-corrected chi connectivity index (χ0v) is 5.98. The Labute approximate surface area is 64.1 Å². The highest BCUT2D eigenvalue weighted by Gasteiger charge is 2.33. The number of esters is 1. The van der Waals surface area contributed by atoms with Gasteiger partial charge in [0.25, 0.3) is 0 Å². The molecule has 0 aliphatic carbocycles. The molecule has 1 rings (SSSR count). The van der Waals surface area contributed by atoms with E-state index >= 15 is 0 Å². The molecular weight excluding hydrogens is 148 g/mol. The second kappa shape index (κ2) is 2.91. The third kappa shape index (κ3) is 1.50. The van der Waals surface area contributed by atoms with E-state index in [9.17, 15) is 4.79 Å². The van der Waals surface area contributed by atoms with Gasteiger partial charge < -0.3 is 14.6 Å². The molecule has 1 N–H and O–H groups in total. The van der Waals surface area contributed by atoms with Crippen LogP contribution in [0.1, 0.15) is 6.92 Å². The molecule has 0 bridgehead atoms. The summed E-state index contributed by atoms with van der Waals surface area (Å²) in [6, 6.07) is 0. The van der Waals surface area contributed by atoms with Crippen LogP contribution in [0, 0.1) is 12.3 Å². The van der Waals surface area contributed by atoms with Gasteiger partial charge >= 0.3 is 5.97 Å². The molecule has 0 aromatic heterocycles. The molecule has 0 aromatic rings. The summed E-state index contributed by atoms with van der Waals surface area (Å²) in [5, 5.41) is 9.00. The van der Waals surface area contributed by atoms with E-state index in [0.29, 0.717) is 0 Å². The van der Waals surface area contributed by atoms with E-state index < -0.39 is 24.5 Å². The minimum Gasteiger partial charge on any atom is -0.455 e. The molecule has 1 saturated heterocycles. The molecule has 1 aliphatic rings. The number of aliphatic hydroxyl groups excluding tert-OH is 1. The van der Waals surface area contributed by atoms with Crippen LogP contribution in [0.3, 0.4) is 0 Å². The van der Waals surface area contributed by atoms with Crippen molar-refractivity contribution in [3.63, 3.8) is 0 Å². The average molecular weight is 156 g/mol. The third-order valence-corrected chi connectivity index (χ3v) is 1.34. The van der Waals surface area contributed by atoms with Crippen molar-refractivity contribution in [1.82, 2.24) is 0 Å². The first kappa shape index (κ1) is 8.05. The summed E-state index contributed by atoms with van der Waals surface area (Å²) in [6.45, 7) is 1.52. The summed E-state index contributed by atoms with van der Waals surface area (Å²) in [5.74, 6) is 1.43. The fraction of sp³-hybridized carbons (Fsp3) is 0.571. The first-order chi connectivity index (χ1) is 5.15. The highest BCUT2D eigenvalue weighted by Crippen LogP contribution is 2.12. The lowest BCUT2D eigenvalue weighted by Crippen LogP contribution is -2.44. The third-order valence-electron chi connectivity index (χ3n) is 1.34. The Kier molecular flexibility index (Phi) is 2.13. The summed E-state index contributed by atoms with van der Waals surface area (Å²) in [7, 11) is 0.